The molecule has 0 aliphatic rings. The number of tetrazole rings is 1. The molecule has 2 heterocycles. The highest BCUT2D eigenvalue weighted by Gasteiger charge is 2.14. The summed E-state index contributed by atoms with van der Waals surface area (Å²) in [4.78, 5) is 12.2. The molecule has 27 heavy (non-hydrogen) atoms. The number of carbonyl (C=O) groups is 1. The molecule has 0 saturated heterocycles. The van der Waals surface area contributed by atoms with Crippen LogP contribution < -0.4 is 10.1 Å². The van der Waals surface area contributed by atoms with Crippen molar-refractivity contribution in [3.8, 4) is 11.4 Å². The number of aromatic nitrogens is 4. The van der Waals surface area contributed by atoms with Crippen LogP contribution in [0.2, 0.25) is 0 Å². The van der Waals surface area contributed by atoms with Crippen LogP contribution in [-0.4, -0.2) is 32.7 Å². The number of furan rings is 1. The fourth-order valence-corrected chi connectivity index (χ4v) is 2.69. The maximum Gasteiger partial charge on any atom is 0.258 e. The number of benzene rings is 2. The van der Waals surface area contributed by atoms with Gasteiger partial charge in [-0.15, -0.1) is 5.10 Å². The van der Waals surface area contributed by atoms with Crippen molar-refractivity contribution in [2.75, 3.05) is 6.61 Å². The maximum atomic E-state index is 12.2. The molecule has 4 rings (SSSR count). The van der Waals surface area contributed by atoms with Crippen LogP contribution in [-0.2, 0) is 4.79 Å². The van der Waals surface area contributed by atoms with Gasteiger partial charge in [0.05, 0.1) is 11.7 Å². The van der Waals surface area contributed by atoms with Crippen molar-refractivity contribution in [1.82, 2.24) is 25.5 Å². The SMILES string of the molecule is C[C@@H](NC(=O)COc1ccc(-n2cnnn2)cc1)c1cc2ccccc2o1. The monoisotopic (exact) mass is 363 g/mol. The van der Waals surface area contributed by atoms with Crippen LogP contribution in [0.3, 0.4) is 0 Å². The Bertz CT molecular complexity index is 1010. The maximum absolute atomic E-state index is 12.2. The molecule has 136 valence electrons. The van der Waals surface area contributed by atoms with E-state index in [-0.39, 0.29) is 18.6 Å². The van der Waals surface area contributed by atoms with E-state index in [0.717, 1.165) is 16.7 Å². The van der Waals surface area contributed by atoms with Gasteiger partial charge in [0.25, 0.3) is 5.91 Å². The third kappa shape index (κ3) is 3.79. The first-order valence-electron chi connectivity index (χ1n) is 8.43. The summed E-state index contributed by atoms with van der Waals surface area (Å²) in [6, 6.07) is 16.5. The highest BCUT2D eigenvalue weighted by atomic mass is 16.5. The molecule has 0 spiro atoms. The third-order valence-corrected chi connectivity index (χ3v) is 4.07. The summed E-state index contributed by atoms with van der Waals surface area (Å²) in [5.41, 5.74) is 1.60. The number of amides is 1. The number of nitrogens with zero attached hydrogens (tertiary/aromatic N) is 4. The standard InChI is InChI=1S/C19H17N5O3/c1-13(18-10-14-4-2-3-5-17(14)27-18)21-19(25)11-26-16-8-6-15(7-9-16)24-12-20-22-23-24/h2-10,12-13H,11H2,1H3,(H,21,25)/t13-/m1/s1. The van der Waals surface area contributed by atoms with Crippen LogP contribution in [0, 0.1) is 0 Å². The summed E-state index contributed by atoms with van der Waals surface area (Å²) >= 11 is 0. The number of rotatable bonds is 6. The minimum atomic E-state index is -0.254. The summed E-state index contributed by atoms with van der Waals surface area (Å²) < 4.78 is 12.8. The van der Waals surface area contributed by atoms with E-state index in [4.69, 9.17) is 9.15 Å². The van der Waals surface area contributed by atoms with E-state index in [9.17, 15) is 4.79 Å². The van der Waals surface area contributed by atoms with Crippen molar-refractivity contribution in [2.45, 2.75) is 13.0 Å². The van der Waals surface area contributed by atoms with Gasteiger partial charge >= 0.3 is 0 Å². The van der Waals surface area contributed by atoms with Crippen molar-refractivity contribution < 1.29 is 13.9 Å². The predicted octanol–water partition coefficient (Wildman–Crippen LogP) is 2.66. The van der Waals surface area contributed by atoms with E-state index < -0.39 is 0 Å². The van der Waals surface area contributed by atoms with Gasteiger partial charge in [0, 0.05) is 5.39 Å². The molecule has 1 amide bonds. The van der Waals surface area contributed by atoms with Crippen LogP contribution in [0.4, 0.5) is 0 Å². The number of hydrogen-bond acceptors (Lipinski definition) is 6. The lowest BCUT2D eigenvalue weighted by Crippen LogP contribution is -2.31. The van der Waals surface area contributed by atoms with Crippen molar-refractivity contribution >= 4 is 16.9 Å². The third-order valence-electron chi connectivity index (χ3n) is 4.07. The molecule has 2 aromatic heterocycles. The molecule has 0 unspecified atom stereocenters. The van der Waals surface area contributed by atoms with E-state index in [2.05, 4.69) is 20.8 Å². The molecule has 0 saturated carbocycles. The largest absolute Gasteiger partial charge is 0.484 e. The number of ether oxygens (including phenoxy) is 1. The summed E-state index contributed by atoms with van der Waals surface area (Å²) in [7, 11) is 0. The molecule has 1 atom stereocenters. The van der Waals surface area contributed by atoms with Crippen molar-refractivity contribution in [3.63, 3.8) is 0 Å². The molecule has 4 aromatic rings. The molecule has 0 aliphatic heterocycles. The summed E-state index contributed by atoms with van der Waals surface area (Å²) in [5, 5.41) is 14.9. The van der Waals surface area contributed by atoms with Crippen LogP contribution >= 0.6 is 0 Å². The Hall–Kier alpha value is -3.68. The average molecular weight is 363 g/mol. The van der Waals surface area contributed by atoms with Crippen LogP contribution in [0.15, 0.2) is 65.3 Å². The van der Waals surface area contributed by atoms with E-state index in [0.29, 0.717) is 11.5 Å². The van der Waals surface area contributed by atoms with Crippen molar-refractivity contribution in [1.29, 1.82) is 0 Å². The Kier molecular flexibility index (Phi) is 4.52. The Morgan fingerprint density at radius 1 is 1.22 bits per heavy atom. The van der Waals surface area contributed by atoms with Crippen LogP contribution in [0.1, 0.15) is 18.7 Å². The molecule has 0 bridgehead atoms. The molecular formula is C19H17N5O3. The van der Waals surface area contributed by atoms with Gasteiger partial charge in [-0.25, -0.2) is 4.68 Å². The fourth-order valence-electron chi connectivity index (χ4n) is 2.69. The van der Waals surface area contributed by atoms with E-state index >= 15 is 0 Å². The van der Waals surface area contributed by atoms with E-state index in [1.807, 2.05) is 37.3 Å². The Labute approximate surface area is 154 Å². The second-order valence-corrected chi connectivity index (χ2v) is 6.01. The molecule has 0 fully saturated rings. The summed E-state index contributed by atoms with van der Waals surface area (Å²) in [6.07, 6.45) is 1.50. The van der Waals surface area contributed by atoms with E-state index in [1.165, 1.54) is 11.0 Å². The Morgan fingerprint density at radius 3 is 2.78 bits per heavy atom. The molecule has 1 N–H and O–H groups in total. The van der Waals surface area contributed by atoms with Gasteiger partial charge < -0.3 is 14.5 Å². The first-order valence-corrected chi connectivity index (χ1v) is 8.43. The number of carbonyl (C=O) groups excluding carboxylic acids is 1. The first kappa shape index (κ1) is 16.8. The number of nitrogens with one attached hydrogen (secondary N) is 1. The Morgan fingerprint density at radius 2 is 2.04 bits per heavy atom. The second kappa shape index (κ2) is 7.28. The second-order valence-electron chi connectivity index (χ2n) is 6.01. The van der Waals surface area contributed by atoms with Gasteiger partial charge in [-0.2, -0.15) is 0 Å². The zero-order valence-electron chi connectivity index (χ0n) is 14.6. The number of para-hydroxylation sites is 1. The average Bonchev–Trinajstić information content (AvgIpc) is 3.36. The minimum Gasteiger partial charge on any atom is -0.484 e. The molecule has 0 radical (unpaired) electrons. The van der Waals surface area contributed by atoms with Gasteiger partial charge in [0.15, 0.2) is 6.61 Å². The van der Waals surface area contributed by atoms with E-state index in [1.54, 1.807) is 24.3 Å². The van der Waals surface area contributed by atoms with Crippen LogP contribution in [0.25, 0.3) is 16.7 Å². The lowest BCUT2D eigenvalue weighted by atomic mass is 10.2. The van der Waals surface area contributed by atoms with Gasteiger partial charge in [-0.1, -0.05) is 18.2 Å². The zero-order chi connectivity index (χ0) is 18.6. The summed E-state index contributed by atoms with van der Waals surface area (Å²) in [5.74, 6) is 1.06. The van der Waals surface area contributed by atoms with Crippen molar-refractivity contribution in [3.05, 3.63) is 66.7 Å². The lowest BCUT2D eigenvalue weighted by molar-refractivity contribution is -0.123. The zero-order valence-corrected chi connectivity index (χ0v) is 14.6. The quantitative estimate of drug-likeness (QED) is 0.566. The first-order chi connectivity index (χ1) is 13.2. The van der Waals surface area contributed by atoms with Gasteiger partial charge in [-0.05, 0) is 53.7 Å². The van der Waals surface area contributed by atoms with Gasteiger partial charge in [0.2, 0.25) is 0 Å². The highest BCUT2D eigenvalue weighted by molar-refractivity contribution is 5.79. The molecule has 8 nitrogen and oxygen atoms in total. The van der Waals surface area contributed by atoms with Gasteiger partial charge in [-0.3, -0.25) is 4.79 Å². The van der Waals surface area contributed by atoms with Crippen LogP contribution in [0.5, 0.6) is 5.75 Å². The highest BCUT2D eigenvalue weighted by Crippen LogP contribution is 2.23. The fraction of sp³-hybridized carbons (Fsp3) is 0.158. The lowest BCUT2D eigenvalue weighted by Gasteiger charge is -2.12. The topological polar surface area (TPSA) is 95.1 Å². The Balaban J connectivity index is 1.32. The minimum absolute atomic E-state index is 0.0885. The normalized spacial score (nSPS) is 12.0. The number of fused-ring (bicyclic) bond motifs is 1. The molecule has 2 aromatic carbocycles. The van der Waals surface area contributed by atoms with Gasteiger partial charge in [0.1, 0.15) is 23.4 Å². The molecule has 8 heteroatoms. The van der Waals surface area contributed by atoms with Crippen molar-refractivity contribution in [2.24, 2.45) is 0 Å². The predicted molar refractivity (Wildman–Crippen MR) is 97.4 cm³/mol. The molecular weight excluding hydrogens is 346 g/mol. The smallest absolute Gasteiger partial charge is 0.258 e. The number of hydrogen-bond donors (Lipinski definition) is 1. The summed E-state index contributed by atoms with van der Waals surface area (Å²) in [6.45, 7) is 1.78. The molecule has 0 aliphatic carbocycles.